The van der Waals surface area contributed by atoms with E-state index in [0.29, 0.717) is 17.2 Å². The molecule has 0 unspecified atom stereocenters. The first-order valence-electron chi connectivity index (χ1n) is 6.03. The summed E-state index contributed by atoms with van der Waals surface area (Å²) < 4.78 is 0. The maximum Gasteiger partial charge on any atom is 0.139 e. The molecule has 2 aromatic rings. The van der Waals surface area contributed by atoms with Gasteiger partial charge in [0.05, 0.1) is 11.3 Å². The Hall–Kier alpha value is -2.61. The molecule has 5 heteroatoms. The number of nitrogens with zero attached hydrogens (tertiary/aromatic N) is 3. The standard InChI is InChI=1S/C14H15N5/c1-3-10-13(16)17-8-18-14(10)19-12-6-4-5-9(2)11(12)7-15/h4-6,8H,3H2,1-2H3,(H3,16,17,18,19). The van der Waals surface area contributed by atoms with Gasteiger partial charge >= 0.3 is 0 Å². The Morgan fingerprint density at radius 1 is 1.37 bits per heavy atom. The molecule has 0 radical (unpaired) electrons. The van der Waals surface area contributed by atoms with E-state index in [4.69, 9.17) is 5.73 Å². The average Bonchev–Trinajstić information content (AvgIpc) is 2.39. The lowest BCUT2D eigenvalue weighted by molar-refractivity contribution is 1.06. The lowest BCUT2D eigenvalue weighted by Gasteiger charge is -2.12. The van der Waals surface area contributed by atoms with Gasteiger partial charge in [-0.25, -0.2) is 9.97 Å². The van der Waals surface area contributed by atoms with Crippen LogP contribution in [-0.4, -0.2) is 9.97 Å². The minimum Gasteiger partial charge on any atom is -0.383 e. The lowest BCUT2D eigenvalue weighted by Crippen LogP contribution is -2.05. The third kappa shape index (κ3) is 2.47. The minimum atomic E-state index is 0.464. The third-order valence-corrected chi connectivity index (χ3v) is 2.97. The van der Waals surface area contributed by atoms with Crippen molar-refractivity contribution in [3.8, 4) is 6.07 Å². The van der Waals surface area contributed by atoms with E-state index in [9.17, 15) is 5.26 Å². The fourth-order valence-electron chi connectivity index (χ4n) is 1.93. The van der Waals surface area contributed by atoms with Crippen molar-refractivity contribution >= 4 is 17.3 Å². The Labute approximate surface area is 112 Å². The quantitative estimate of drug-likeness (QED) is 0.877. The highest BCUT2D eigenvalue weighted by atomic mass is 15.0. The first-order valence-corrected chi connectivity index (χ1v) is 6.03. The summed E-state index contributed by atoms with van der Waals surface area (Å²) in [7, 11) is 0. The van der Waals surface area contributed by atoms with Crippen LogP contribution in [0.1, 0.15) is 23.6 Å². The van der Waals surface area contributed by atoms with Crippen LogP contribution in [0.3, 0.4) is 0 Å². The number of hydrogen-bond donors (Lipinski definition) is 2. The van der Waals surface area contributed by atoms with Crippen LogP contribution < -0.4 is 11.1 Å². The maximum absolute atomic E-state index is 9.21. The predicted molar refractivity (Wildman–Crippen MR) is 75.0 cm³/mol. The number of hydrogen-bond acceptors (Lipinski definition) is 5. The summed E-state index contributed by atoms with van der Waals surface area (Å²) in [6.45, 7) is 3.89. The van der Waals surface area contributed by atoms with E-state index >= 15 is 0 Å². The first-order chi connectivity index (χ1) is 9.17. The summed E-state index contributed by atoms with van der Waals surface area (Å²) in [5.74, 6) is 1.11. The van der Waals surface area contributed by atoms with Crippen molar-refractivity contribution in [1.82, 2.24) is 9.97 Å². The van der Waals surface area contributed by atoms with Gasteiger partial charge in [-0.15, -0.1) is 0 Å². The van der Waals surface area contributed by atoms with Crippen LogP contribution >= 0.6 is 0 Å². The molecule has 0 saturated carbocycles. The molecule has 1 aromatic heterocycles. The zero-order valence-corrected chi connectivity index (χ0v) is 10.9. The van der Waals surface area contributed by atoms with Gasteiger partial charge in [0.25, 0.3) is 0 Å². The van der Waals surface area contributed by atoms with E-state index < -0.39 is 0 Å². The van der Waals surface area contributed by atoms with Gasteiger partial charge in [-0.05, 0) is 25.0 Å². The summed E-state index contributed by atoms with van der Waals surface area (Å²) in [5.41, 5.74) is 8.95. The molecule has 96 valence electrons. The highest BCUT2D eigenvalue weighted by molar-refractivity contribution is 5.69. The second-order valence-electron chi connectivity index (χ2n) is 4.17. The largest absolute Gasteiger partial charge is 0.383 e. The van der Waals surface area contributed by atoms with Gasteiger partial charge in [0, 0.05) is 5.56 Å². The van der Waals surface area contributed by atoms with Gasteiger partial charge in [0.1, 0.15) is 24.0 Å². The van der Waals surface area contributed by atoms with Crippen LogP contribution in [0.2, 0.25) is 0 Å². The van der Waals surface area contributed by atoms with Crippen molar-refractivity contribution in [2.75, 3.05) is 11.1 Å². The second-order valence-corrected chi connectivity index (χ2v) is 4.17. The number of nitriles is 1. The van der Waals surface area contributed by atoms with Crippen molar-refractivity contribution in [3.05, 3.63) is 41.2 Å². The van der Waals surface area contributed by atoms with Crippen LogP contribution in [0.25, 0.3) is 0 Å². The molecule has 2 rings (SSSR count). The number of anilines is 3. The zero-order chi connectivity index (χ0) is 13.8. The molecule has 0 aliphatic carbocycles. The Bertz CT molecular complexity index is 643. The molecular weight excluding hydrogens is 238 g/mol. The zero-order valence-electron chi connectivity index (χ0n) is 10.9. The number of aryl methyl sites for hydroxylation is 1. The predicted octanol–water partition coefficient (Wildman–Crippen LogP) is 2.54. The van der Waals surface area contributed by atoms with Gasteiger partial charge in [-0.1, -0.05) is 19.1 Å². The monoisotopic (exact) mass is 253 g/mol. The van der Waals surface area contributed by atoms with E-state index in [-0.39, 0.29) is 0 Å². The molecule has 5 nitrogen and oxygen atoms in total. The number of nitrogens with two attached hydrogens (primary N) is 1. The molecule has 0 atom stereocenters. The van der Waals surface area contributed by atoms with E-state index in [1.807, 2.05) is 32.0 Å². The topological polar surface area (TPSA) is 87.6 Å². The molecule has 0 bridgehead atoms. The van der Waals surface area contributed by atoms with E-state index in [1.165, 1.54) is 6.33 Å². The number of nitrogen functional groups attached to an aromatic ring is 1. The van der Waals surface area contributed by atoms with E-state index in [2.05, 4.69) is 21.4 Å². The van der Waals surface area contributed by atoms with Gasteiger partial charge in [-0.2, -0.15) is 5.26 Å². The SMILES string of the molecule is CCc1c(N)ncnc1Nc1cccc(C)c1C#N. The number of nitrogens with one attached hydrogen (secondary N) is 1. The van der Waals surface area contributed by atoms with Gasteiger partial charge in [-0.3, -0.25) is 0 Å². The van der Waals surface area contributed by atoms with Gasteiger partial charge in [0.2, 0.25) is 0 Å². The summed E-state index contributed by atoms with van der Waals surface area (Å²) in [6.07, 6.45) is 2.14. The Morgan fingerprint density at radius 2 is 2.16 bits per heavy atom. The lowest BCUT2D eigenvalue weighted by atomic mass is 10.1. The van der Waals surface area contributed by atoms with Crippen LogP contribution in [0.15, 0.2) is 24.5 Å². The van der Waals surface area contributed by atoms with Crippen molar-refractivity contribution in [2.24, 2.45) is 0 Å². The molecule has 0 spiro atoms. The van der Waals surface area contributed by atoms with Crippen LogP contribution in [0, 0.1) is 18.3 Å². The van der Waals surface area contributed by atoms with Crippen molar-refractivity contribution in [2.45, 2.75) is 20.3 Å². The summed E-state index contributed by atoms with van der Waals surface area (Å²) >= 11 is 0. The molecule has 1 heterocycles. The van der Waals surface area contributed by atoms with Crippen molar-refractivity contribution < 1.29 is 0 Å². The minimum absolute atomic E-state index is 0.464. The van der Waals surface area contributed by atoms with E-state index in [0.717, 1.165) is 23.2 Å². The van der Waals surface area contributed by atoms with Crippen LogP contribution in [-0.2, 0) is 6.42 Å². The molecule has 19 heavy (non-hydrogen) atoms. The summed E-state index contributed by atoms with van der Waals surface area (Å²) in [6, 6.07) is 7.85. The average molecular weight is 253 g/mol. The second kappa shape index (κ2) is 5.36. The van der Waals surface area contributed by atoms with E-state index in [1.54, 1.807) is 0 Å². The molecule has 0 fully saturated rings. The fourth-order valence-corrected chi connectivity index (χ4v) is 1.93. The fraction of sp³-hybridized carbons (Fsp3) is 0.214. The summed E-state index contributed by atoms with van der Waals surface area (Å²) in [5, 5.41) is 12.4. The summed E-state index contributed by atoms with van der Waals surface area (Å²) in [4.78, 5) is 8.17. The smallest absolute Gasteiger partial charge is 0.139 e. The molecular formula is C14H15N5. The number of aromatic nitrogens is 2. The molecule has 0 amide bonds. The molecule has 0 aliphatic heterocycles. The number of rotatable bonds is 3. The molecule has 3 N–H and O–H groups in total. The normalized spacial score (nSPS) is 9.95. The molecule has 0 saturated heterocycles. The van der Waals surface area contributed by atoms with Crippen molar-refractivity contribution in [1.29, 1.82) is 5.26 Å². The Balaban J connectivity index is 2.46. The van der Waals surface area contributed by atoms with Crippen molar-refractivity contribution in [3.63, 3.8) is 0 Å². The van der Waals surface area contributed by atoms with Gasteiger partial charge in [0.15, 0.2) is 0 Å². The van der Waals surface area contributed by atoms with Crippen LogP contribution in [0.4, 0.5) is 17.3 Å². The third-order valence-electron chi connectivity index (χ3n) is 2.97. The highest BCUT2D eigenvalue weighted by Crippen LogP contribution is 2.25. The highest BCUT2D eigenvalue weighted by Gasteiger charge is 2.10. The van der Waals surface area contributed by atoms with Crippen LogP contribution in [0.5, 0.6) is 0 Å². The maximum atomic E-state index is 9.21. The number of benzene rings is 1. The molecule has 1 aromatic carbocycles. The van der Waals surface area contributed by atoms with Gasteiger partial charge < -0.3 is 11.1 Å². The Kier molecular flexibility index (Phi) is 3.62. The Morgan fingerprint density at radius 3 is 2.84 bits per heavy atom. The molecule has 0 aliphatic rings. The first kappa shape index (κ1) is 12.8.